The maximum atomic E-state index is 9.87. The summed E-state index contributed by atoms with van der Waals surface area (Å²) in [6, 6.07) is 8.95. The summed E-state index contributed by atoms with van der Waals surface area (Å²) in [6.07, 6.45) is 1.44. The van der Waals surface area contributed by atoms with Crippen molar-refractivity contribution < 1.29 is 6.52 Å². The molecule has 2 rings (SSSR count). The highest BCUT2D eigenvalue weighted by Gasteiger charge is 2.04. The van der Waals surface area contributed by atoms with Crippen LogP contribution in [0, 0.1) is 5.40 Å². The molecular weight excluding hydrogens is 188 g/mol. The molecule has 0 unspecified atom stereocenters. The van der Waals surface area contributed by atoms with Gasteiger partial charge in [0.1, 0.15) is 11.4 Å². The lowest BCUT2D eigenvalue weighted by Crippen LogP contribution is -1.81. The van der Waals surface area contributed by atoms with Crippen molar-refractivity contribution in [1.29, 1.82) is 5.40 Å². The van der Waals surface area contributed by atoms with Crippen LogP contribution in [0.4, 0.5) is 5.69 Å². The molecule has 0 fully saturated rings. The largest absolute Gasteiger partial charge is 0.505 e. The SMILES string of the molecule is [2H]/N=C/c1ccc2c(O)c(N=C)ccc2c1. The number of hydrogen-bond donors (Lipinski definition) is 2. The van der Waals surface area contributed by atoms with E-state index in [1.54, 1.807) is 18.2 Å². The second kappa shape index (κ2) is 3.53. The van der Waals surface area contributed by atoms with Gasteiger partial charge in [-0.1, -0.05) is 12.1 Å². The molecule has 3 nitrogen and oxygen atoms in total. The standard InChI is InChI=1S/C12H10N2O/c1-14-11-5-3-9-6-8(7-13)2-4-10(9)12(11)15/h2-7,13,15H,1H2/b13-7+/i/hD. The second-order valence-corrected chi connectivity index (χ2v) is 3.20. The molecule has 3 heteroatoms. The number of phenolic OH excluding ortho intramolecular Hbond substituents is 1. The number of phenols is 1. The van der Waals surface area contributed by atoms with E-state index in [-0.39, 0.29) is 5.75 Å². The van der Waals surface area contributed by atoms with Crippen LogP contribution in [-0.2, 0) is 0 Å². The molecular formula is C12H10N2O. The van der Waals surface area contributed by atoms with Crippen LogP contribution in [0.25, 0.3) is 10.8 Å². The topological polar surface area (TPSA) is 56.4 Å². The summed E-state index contributed by atoms with van der Waals surface area (Å²) in [4.78, 5) is 3.72. The Hall–Kier alpha value is -2.16. The molecule has 2 aromatic carbocycles. The van der Waals surface area contributed by atoms with Crippen LogP contribution < -0.4 is 0 Å². The van der Waals surface area contributed by atoms with Gasteiger partial charge in [0.25, 0.3) is 0 Å². The highest BCUT2D eigenvalue weighted by atomic mass is 16.3. The van der Waals surface area contributed by atoms with Crippen LogP contribution in [0.1, 0.15) is 5.56 Å². The molecule has 2 aromatic rings. The quantitative estimate of drug-likeness (QED) is 0.718. The molecule has 0 saturated carbocycles. The van der Waals surface area contributed by atoms with Gasteiger partial charge in [-0.05, 0) is 35.9 Å². The molecule has 0 heterocycles. The molecule has 2 N–H and O–H groups in total. The van der Waals surface area contributed by atoms with Crippen LogP contribution in [0.2, 0.25) is 1.41 Å². The van der Waals surface area contributed by atoms with Crippen molar-refractivity contribution in [1.82, 2.24) is 0 Å². The summed E-state index contributed by atoms with van der Waals surface area (Å²) in [7, 11) is 0. The van der Waals surface area contributed by atoms with Gasteiger partial charge in [0.2, 0.25) is 0 Å². The minimum absolute atomic E-state index is 0.127. The third kappa shape index (κ3) is 1.48. The first-order valence-corrected chi connectivity index (χ1v) is 4.46. The Morgan fingerprint density at radius 2 is 2.27 bits per heavy atom. The predicted molar refractivity (Wildman–Crippen MR) is 62.7 cm³/mol. The fourth-order valence-corrected chi connectivity index (χ4v) is 1.53. The first-order chi connectivity index (χ1) is 7.76. The van der Waals surface area contributed by atoms with Gasteiger partial charge in [-0.25, -0.2) is 0 Å². The zero-order valence-electron chi connectivity index (χ0n) is 9.01. The summed E-state index contributed by atoms with van der Waals surface area (Å²) in [5.41, 5.74) is 1.29. The van der Waals surface area contributed by atoms with E-state index in [1.807, 2.05) is 12.1 Å². The van der Waals surface area contributed by atoms with Crippen LogP contribution >= 0.6 is 0 Å². The van der Waals surface area contributed by atoms with Crippen LogP contribution in [0.5, 0.6) is 5.75 Å². The van der Waals surface area contributed by atoms with E-state index in [4.69, 9.17) is 1.41 Å². The lowest BCUT2D eigenvalue weighted by atomic mass is 10.1. The molecule has 0 aliphatic heterocycles. The molecule has 0 spiro atoms. The van der Waals surface area contributed by atoms with Crippen molar-refractivity contribution in [2.45, 2.75) is 0 Å². The summed E-state index contributed by atoms with van der Waals surface area (Å²) < 4.78 is 6.75. The lowest BCUT2D eigenvalue weighted by Gasteiger charge is -2.04. The van der Waals surface area contributed by atoms with Crippen LogP contribution in [0.15, 0.2) is 35.3 Å². The Balaban J connectivity index is 2.69. The Morgan fingerprint density at radius 1 is 1.40 bits per heavy atom. The zero-order valence-corrected chi connectivity index (χ0v) is 8.01. The van der Waals surface area contributed by atoms with Crippen molar-refractivity contribution in [2.24, 2.45) is 4.99 Å². The number of nitrogens with zero attached hydrogens (tertiary/aromatic N) is 1. The fraction of sp³-hybridized carbons (Fsp3) is 0. The molecule has 0 aliphatic rings. The monoisotopic (exact) mass is 199 g/mol. The Bertz CT molecular complexity index is 578. The van der Waals surface area contributed by atoms with Gasteiger partial charge in [-0.15, -0.1) is 0 Å². The molecule has 0 aliphatic carbocycles. The predicted octanol–water partition coefficient (Wildman–Crippen LogP) is 2.88. The first-order valence-electron chi connectivity index (χ1n) is 4.91. The lowest BCUT2D eigenvalue weighted by molar-refractivity contribution is 0.483. The summed E-state index contributed by atoms with van der Waals surface area (Å²) >= 11 is 0. The number of rotatable bonds is 2. The van der Waals surface area contributed by atoms with Gasteiger partial charge >= 0.3 is 0 Å². The van der Waals surface area contributed by atoms with E-state index in [0.29, 0.717) is 11.1 Å². The van der Waals surface area contributed by atoms with Crippen LogP contribution in [0.3, 0.4) is 0 Å². The summed E-state index contributed by atoms with van der Waals surface area (Å²) in [5.74, 6) is 0.127. The van der Waals surface area contributed by atoms with Gasteiger partial charge in [-0.3, -0.25) is 4.99 Å². The molecule has 74 valence electrons. The average Bonchev–Trinajstić information content (AvgIpc) is 2.30. The Morgan fingerprint density at radius 3 is 3.00 bits per heavy atom. The van der Waals surface area contributed by atoms with E-state index < -0.39 is 0 Å². The Labute approximate surface area is 88.7 Å². The highest BCUT2D eigenvalue weighted by molar-refractivity contribution is 5.96. The number of nitrogens with one attached hydrogen (secondary N) is 1. The summed E-state index contributed by atoms with van der Waals surface area (Å²) in [5, 5.41) is 14.7. The van der Waals surface area contributed by atoms with E-state index in [1.165, 1.54) is 6.21 Å². The second-order valence-electron chi connectivity index (χ2n) is 3.20. The van der Waals surface area contributed by atoms with E-state index in [2.05, 4.69) is 17.1 Å². The number of fused-ring (bicyclic) bond motifs is 1. The number of benzene rings is 2. The smallest absolute Gasteiger partial charge is 0.187 e. The minimum Gasteiger partial charge on any atom is -0.505 e. The average molecular weight is 199 g/mol. The molecule has 0 atom stereocenters. The van der Waals surface area contributed by atoms with Crippen molar-refractivity contribution in [2.75, 3.05) is 0 Å². The zero-order chi connectivity index (χ0) is 11.5. The molecule has 0 amide bonds. The maximum absolute atomic E-state index is 9.87. The van der Waals surface area contributed by atoms with Crippen molar-refractivity contribution in [3.63, 3.8) is 0 Å². The van der Waals surface area contributed by atoms with E-state index >= 15 is 0 Å². The minimum atomic E-state index is 0.127. The van der Waals surface area contributed by atoms with Gasteiger partial charge in [0, 0.05) is 11.6 Å². The number of aliphatic imine (C=N–C) groups is 1. The van der Waals surface area contributed by atoms with Crippen molar-refractivity contribution in [3.05, 3.63) is 35.9 Å². The van der Waals surface area contributed by atoms with Gasteiger partial charge in [0.15, 0.2) is 1.41 Å². The van der Waals surface area contributed by atoms with Crippen molar-refractivity contribution in [3.8, 4) is 5.75 Å². The third-order valence-corrected chi connectivity index (χ3v) is 2.31. The third-order valence-electron chi connectivity index (χ3n) is 2.31. The normalized spacial score (nSPS) is 11.9. The van der Waals surface area contributed by atoms with Gasteiger partial charge in [0.05, 0.1) is 0 Å². The van der Waals surface area contributed by atoms with Gasteiger partial charge < -0.3 is 10.5 Å². The van der Waals surface area contributed by atoms with Gasteiger partial charge in [-0.2, -0.15) is 0 Å². The highest BCUT2D eigenvalue weighted by Crippen LogP contribution is 2.34. The van der Waals surface area contributed by atoms with Crippen molar-refractivity contribution >= 4 is 29.4 Å². The van der Waals surface area contributed by atoms with E-state index in [0.717, 1.165) is 10.9 Å². The molecule has 15 heavy (non-hydrogen) atoms. The van der Waals surface area contributed by atoms with E-state index in [9.17, 15) is 5.11 Å². The Kier molecular flexibility index (Phi) is 1.93. The molecule has 0 radical (unpaired) electrons. The molecule has 0 saturated heterocycles. The fourth-order valence-electron chi connectivity index (χ4n) is 1.53. The molecule has 0 aromatic heterocycles. The van der Waals surface area contributed by atoms with Crippen LogP contribution in [-0.4, -0.2) is 18.0 Å². The number of aromatic hydroxyl groups is 1. The molecule has 0 bridgehead atoms. The summed E-state index contributed by atoms with van der Waals surface area (Å²) in [6.45, 7) is 3.39. The first kappa shape index (κ1) is 8.17. The maximum Gasteiger partial charge on any atom is 0.187 e. The number of hydrogen-bond acceptors (Lipinski definition) is 3.